The van der Waals surface area contributed by atoms with Gasteiger partial charge in [-0.2, -0.15) is 0 Å². The summed E-state index contributed by atoms with van der Waals surface area (Å²) in [5.41, 5.74) is 2.92. The molecule has 2 aromatic carbocycles. The van der Waals surface area contributed by atoms with Gasteiger partial charge in [0.15, 0.2) is 0 Å². The molecule has 6 rings (SSSR count). The quantitative estimate of drug-likeness (QED) is 0.684. The molecule has 1 heterocycles. The number of fused-ring (bicyclic) bond motifs is 4. The normalized spacial score (nSPS) is 25.5. The maximum absolute atomic E-state index is 13.4. The van der Waals surface area contributed by atoms with Crippen LogP contribution in [-0.4, -0.2) is 53.2 Å². The van der Waals surface area contributed by atoms with Gasteiger partial charge in [-0.1, -0.05) is 48.5 Å². The van der Waals surface area contributed by atoms with Gasteiger partial charge in [0.25, 0.3) is 0 Å². The number of hydrogen-bond donors (Lipinski definition) is 2. The molecule has 0 unspecified atom stereocenters. The number of carbonyl (C=O) groups is 3. The predicted octanol–water partition coefficient (Wildman–Crippen LogP) is 3.77. The minimum atomic E-state index is -1.02. The maximum atomic E-state index is 13.4. The Balaban J connectivity index is 1.09. The molecular formula is C27H28N2O5. The van der Waals surface area contributed by atoms with Crippen LogP contribution in [0, 0.1) is 11.3 Å². The fraction of sp³-hybridized carbons (Fsp3) is 0.444. The van der Waals surface area contributed by atoms with Gasteiger partial charge in [-0.3, -0.25) is 4.79 Å². The van der Waals surface area contributed by atoms with Crippen LogP contribution < -0.4 is 5.32 Å². The molecule has 4 aliphatic rings. The number of piperidine rings is 1. The number of ether oxygens (including phenoxy) is 1. The van der Waals surface area contributed by atoms with Gasteiger partial charge in [-0.25, -0.2) is 9.59 Å². The maximum Gasteiger partial charge on any atom is 0.407 e. The molecule has 0 spiro atoms. The Kier molecular flexibility index (Phi) is 4.73. The molecule has 2 amide bonds. The SMILES string of the molecule is O=C(NCC1(C(=O)N2CCC[C@@H]3C[C@@]32C(=O)O)CC1)OCC1c2ccccc2-c2ccccc21. The van der Waals surface area contributed by atoms with Gasteiger partial charge in [-0.15, -0.1) is 0 Å². The summed E-state index contributed by atoms with van der Waals surface area (Å²) in [7, 11) is 0. The van der Waals surface area contributed by atoms with E-state index in [0.29, 0.717) is 25.8 Å². The summed E-state index contributed by atoms with van der Waals surface area (Å²) in [4.78, 5) is 39.5. The number of hydrogen-bond acceptors (Lipinski definition) is 4. The van der Waals surface area contributed by atoms with E-state index >= 15 is 0 Å². The van der Waals surface area contributed by atoms with E-state index in [4.69, 9.17) is 4.74 Å². The number of carboxylic acids is 1. The number of carboxylic acid groups (broad SMARTS) is 1. The van der Waals surface area contributed by atoms with Crippen LogP contribution in [0.1, 0.15) is 49.1 Å². The van der Waals surface area contributed by atoms with Gasteiger partial charge in [0.2, 0.25) is 5.91 Å². The predicted molar refractivity (Wildman–Crippen MR) is 124 cm³/mol. The van der Waals surface area contributed by atoms with Crippen LogP contribution in [-0.2, 0) is 14.3 Å². The second-order valence-electron chi connectivity index (χ2n) is 10.2. The number of aliphatic carboxylic acids is 1. The van der Waals surface area contributed by atoms with Crippen LogP contribution >= 0.6 is 0 Å². The molecule has 7 nitrogen and oxygen atoms in total. The van der Waals surface area contributed by atoms with Crippen molar-refractivity contribution in [2.45, 2.75) is 43.6 Å². The summed E-state index contributed by atoms with van der Waals surface area (Å²) in [6.45, 7) is 0.879. The van der Waals surface area contributed by atoms with E-state index in [1.165, 1.54) is 11.1 Å². The number of rotatable bonds is 6. The standard InChI is InChI=1S/C27H28N2O5/c30-23(29-13-5-6-17-14-27(17,29)24(31)32)26(11-12-26)16-28-25(33)34-15-22-20-9-3-1-7-18(20)19-8-2-4-10-21(19)22/h1-4,7-10,17,22H,5-6,11-16H2,(H,28,33)(H,31,32)/t17-,27+/m1/s1. The van der Waals surface area contributed by atoms with Crippen molar-refractivity contribution in [3.05, 3.63) is 59.7 Å². The van der Waals surface area contributed by atoms with Gasteiger partial charge < -0.3 is 20.1 Å². The van der Waals surface area contributed by atoms with Crippen molar-refractivity contribution < 1.29 is 24.2 Å². The Morgan fingerprint density at radius 2 is 1.68 bits per heavy atom. The van der Waals surface area contributed by atoms with Crippen LogP contribution in [0.2, 0.25) is 0 Å². The first kappa shape index (κ1) is 21.2. The van der Waals surface area contributed by atoms with E-state index in [9.17, 15) is 19.5 Å². The van der Waals surface area contributed by atoms with Crippen LogP contribution in [0.15, 0.2) is 48.5 Å². The first-order chi connectivity index (χ1) is 16.5. The molecule has 7 heteroatoms. The highest BCUT2D eigenvalue weighted by atomic mass is 16.5. The Morgan fingerprint density at radius 3 is 2.29 bits per heavy atom. The van der Waals surface area contributed by atoms with Crippen molar-refractivity contribution in [2.75, 3.05) is 19.7 Å². The minimum absolute atomic E-state index is 0.0229. The van der Waals surface area contributed by atoms with Crippen molar-refractivity contribution in [2.24, 2.45) is 11.3 Å². The minimum Gasteiger partial charge on any atom is -0.479 e. The van der Waals surface area contributed by atoms with E-state index in [0.717, 1.165) is 24.0 Å². The van der Waals surface area contributed by atoms with Gasteiger partial charge in [-0.05, 0) is 60.3 Å². The third kappa shape index (κ3) is 3.13. The molecule has 0 bridgehead atoms. The van der Waals surface area contributed by atoms with E-state index in [2.05, 4.69) is 29.6 Å². The molecule has 0 aromatic heterocycles. The van der Waals surface area contributed by atoms with Crippen molar-refractivity contribution in [3.63, 3.8) is 0 Å². The molecule has 1 saturated heterocycles. The molecule has 34 heavy (non-hydrogen) atoms. The van der Waals surface area contributed by atoms with Crippen LogP contribution in [0.3, 0.4) is 0 Å². The number of benzene rings is 2. The van der Waals surface area contributed by atoms with Crippen molar-refractivity contribution in [3.8, 4) is 11.1 Å². The van der Waals surface area contributed by atoms with Crippen molar-refractivity contribution in [1.29, 1.82) is 0 Å². The molecule has 2 N–H and O–H groups in total. The average Bonchev–Trinajstić information content (AvgIpc) is 3.77. The number of amides is 2. The lowest BCUT2D eigenvalue weighted by atomic mass is 9.97. The molecule has 3 aliphatic carbocycles. The fourth-order valence-electron chi connectivity index (χ4n) is 6.14. The average molecular weight is 461 g/mol. The van der Waals surface area contributed by atoms with E-state index in [-0.39, 0.29) is 30.9 Å². The van der Waals surface area contributed by atoms with Gasteiger partial charge in [0, 0.05) is 19.0 Å². The zero-order chi connectivity index (χ0) is 23.5. The summed E-state index contributed by atoms with van der Waals surface area (Å²) >= 11 is 0. The van der Waals surface area contributed by atoms with Crippen molar-refractivity contribution in [1.82, 2.24) is 10.2 Å². The Bertz CT molecular complexity index is 1140. The van der Waals surface area contributed by atoms with Crippen LogP contribution in [0.25, 0.3) is 11.1 Å². The first-order valence-electron chi connectivity index (χ1n) is 12.1. The monoisotopic (exact) mass is 460 g/mol. The molecule has 3 fully saturated rings. The molecule has 1 aliphatic heterocycles. The smallest absolute Gasteiger partial charge is 0.407 e. The second-order valence-corrected chi connectivity index (χ2v) is 10.2. The largest absolute Gasteiger partial charge is 0.479 e. The fourth-order valence-corrected chi connectivity index (χ4v) is 6.14. The lowest BCUT2D eigenvalue weighted by Gasteiger charge is -2.36. The number of nitrogens with zero attached hydrogens (tertiary/aromatic N) is 1. The summed E-state index contributed by atoms with van der Waals surface area (Å²) in [5.74, 6) is -0.985. The molecular weight excluding hydrogens is 432 g/mol. The van der Waals surface area contributed by atoms with E-state index in [1.54, 1.807) is 4.90 Å². The van der Waals surface area contributed by atoms with Crippen LogP contribution in [0.5, 0.6) is 0 Å². The molecule has 2 saturated carbocycles. The highest BCUT2D eigenvalue weighted by Crippen LogP contribution is 2.57. The first-order valence-corrected chi connectivity index (χ1v) is 12.1. The van der Waals surface area contributed by atoms with E-state index in [1.807, 2.05) is 24.3 Å². The number of alkyl carbamates (subject to hydrolysis) is 1. The molecule has 0 radical (unpaired) electrons. The second kappa shape index (κ2) is 7.58. The zero-order valence-corrected chi connectivity index (χ0v) is 19.0. The molecule has 2 aromatic rings. The lowest BCUT2D eigenvalue weighted by molar-refractivity contribution is -0.157. The van der Waals surface area contributed by atoms with Crippen molar-refractivity contribution >= 4 is 18.0 Å². The number of nitrogens with one attached hydrogen (secondary N) is 1. The summed E-state index contributed by atoms with van der Waals surface area (Å²) in [5, 5.41) is 12.6. The Hall–Kier alpha value is -3.35. The van der Waals surface area contributed by atoms with Crippen LogP contribution in [0.4, 0.5) is 4.79 Å². The lowest BCUT2D eigenvalue weighted by Crippen LogP contribution is -2.55. The molecule has 176 valence electrons. The third-order valence-corrected chi connectivity index (χ3v) is 8.33. The third-order valence-electron chi connectivity index (χ3n) is 8.33. The Labute approximate surface area is 198 Å². The topological polar surface area (TPSA) is 95.9 Å². The highest BCUT2D eigenvalue weighted by Gasteiger charge is 2.69. The summed E-state index contributed by atoms with van der Waals surface area (Å²) in [6.07, 6.45) is 3.02. The number of likely N-dealkylation sites (tertiary alicyclic amines) is 1. The van der Waals surface area contributed by atoms with Gasteiger partial charge >= 0.3 is 12.1 Å². The summed E-state index contributed by atoms with van der Waals surface area (Å²) < 4.78 is 5.61. The Morgan fingerprint density at radius 1 is 1.03 bits per heavy atom. The van der Waals surface area contributed by atoms with Gasteiger partial charge in [0.1, 0.15) is 12.1 Å². The van der Waals surface area contributed by atoms with Gasteiger partial charge in [0.05, 0.1) is 5.41 Å². The highest BCUT2D eigenvalue weighted by molar-refractivity contribution is 5.94. The number of carbonyl (C=O) groups excluding carboxylic acids is 2. The summed E-state index contributed by atoms with van der Waals surface area (Å²) in [6, 6.07) is 16.3. The molecule has 2 atom stereocenters. The zero-order valence-electron chi connectivity index (χ0n) is 19.0. The van der Waals surface area contributed by atoms with E-state index < -0.39 is 23.0 Å².